The fourth-order valence-electron chi connectivity index (χ4n) is 2.53. The molecule has 0 saturated carbocycles. The lowest BCUT2D eigenvalue weighted by molar-refractivity contribution is 1.13. The highest BCUT2D eigenvalue weighted by molar-refractivity contribution is 7.79. The molecular weight excluding hydrogens is 280 g/mol. The zero-order valence-electron chi connectivity index (χ0n) is 11.8. The van der Waals surface area contributed by atoms with Crippen molar-refractivity contribution in [3.05, 3.63) is 63.7 Å². The van der Waals surface area contributed by atoms with Crippen LogP contribution in [0.25, 0.3) is 22.0 Å². The van der Waals surface area contributed by atoms with E-state index in [2.05, 4.69) is 16.0 Å². The third kappa shape index (κ3) is 2.50. The Hall–Kier alpha value is -2.33. The Balaban J connectivity index is 2.31. The van der Waals surface area contributed by atoms with Gasteiger partial charge in [0.05, 0.1) is 5.52 Å². The van der Waals surface area contributed by atoms with Crippen LogP contribution in [0.2, 0.25) is 0 Å². The van der Waals surface area contributed by atoms with Gasteiger partial charge in [0.2, 0.25) is 5.56 Å². The minimum absolute atomic E-state index is 0.124. The average molecular weight is 294 g/mol. The Morgan fingerprint density at radius 2 is 1.95 bits per heavy atom. The van der Waals surface area contributed by atoms with Crippen LogP contribution in [-0.2, 0) is 0 Å². The summed E-state index contributed by atoms with van der Waals surface area (Å²) in [7, 11) is 0. The monoisotopic (exact) mass is 294 g/mol. The topological polar surface area (TPSA) is 45.8 Å². The van der Waals surface area contributed by atoms with Crippen molar-refractivity contribution in [3.63, 3.8) is 0 Å². The van der Waals surface area contributed by atoms with Gasteiger partial charge in [0.1, 0.15) is 0 Å². The number of benzene rings is 1. The van der Waals surface area contributed by atoms with Crippen LogP contribution in [0.15, 0.2) is 41.2 Å². The molecule has 104 valence electrons. The van der Waals surface area contributed by atoms with Crippen molar-refractivity contribution in [2.24, 2.45) is 0 Å². The third-order valence-corrected chi connectivity index (χ3v) is 3.78. The number of pyridine rings is 2. The second-order valence-corrected chi connectivity index (χ2v) is 5.29. The second-order valence-electron chi connectivity index (χ2n) is 5.06. The maximum atomic E-state index is 11.5. The molecule has 2 heterocycles. The molecule has 0 aliphatic heterocycles. The SMILES string of the molecule is Cc1ccc(-c2cc(C=S)c3[nH]c(=O)ccc3c2)c(C)n1. The molecule has 4 heteroatoms. The summed E-state index contributed by atoms with van der Waals surface area (Å²) in [6.45, 7) is 3.97. The van der Waals surface area contributed by atoms with Crippen LogP contribution in [0.3, 0.4) is 0 Å². The van der Waals surface area contributed by atoms with Gasteiger partial charge >= 0.3 is 0 Å². The number of fused-ring (bicyclic) bond motifs is 1. The van der Waals surface area contributed by atoms with Gasteiger partial charge in [-0.05, 0) is 49.1 Å². The van der Waals surface area contributed by atoms with E-state index in [1.54, 1.807) is 5.37 Å². The van der Waals surface area contributed by atoms with Crippen molar-refractivity contribution in [3.8, 4) is 11.1 Å². The quantitative estimate of drug-likeness (QED) is 0.735. The van der Waals surface area contributed by atoms with E-state index in [-0.39, 0.29) is 5.56 Å². The molecule has 0 fully saturated rings. The average Bonchev–Trinajstić information content (AvgIpc) is 2.46. The van der Waals surface area contributed by atoms with Crippen LogP contribution in [0.4, 0.5) is 0 Å². The molecular formula is C17H14N2OS. The molecule has 0 unspecified atom stereocenters. The van der Waals surface area contributed by atoms with Crippen molar-refractivity contribution in [1.29, 1.82) is 0 Å². The Kier molecular flexibility index (Phi) is 3.39. The summed E-state index contributed by atoms with van der Waals surface area (Å²) in [5.41, 5.74) is 5.60. The van der Waals surface area contributed by atoms with Crippen molar-refractivity contribution >= 4 is 28.5 Å². The second kappa shape index (κ2) is 5.22. The molecule has 0 amide bonds. The molecule has 1 N–H and O–H groups in total. The lowest BCUT2D eigenvalue weighted by atomic mass is 9.99. The van der Waals surface area contributed by atoms with Gasteiger partial charge in [-0.2, -0.15) is 0 Å². The molecule has 0 radical (unpaired) electrons. The zero-order chi connectivity index (χ0) is 15.0. The van der Waals surface area contributed by atoms with Crippen molar-refractivity contribution in [1.82, 2.24) is 9.97 Å². The summed E-state index contributed by atoms with van der Waals surface area (Å²) in [6, 6.07) is 11.4. The van der Waals surface area contributed by atoms with Crippen LogP contribution in [0.1, 0.15) is 17.0 Å². The zero-order valence-corrected chi connectivity index (χ0v) is 12.6. The number of aromatic amines is 1. The molecule has 0 bridgehead atoms. The standard InChI is InChI=1S/C17H14N2OS/c1-10-3-5-15(11(2)18-10)13-7-12-4-6-16(20)19-17(12)14(8-13)9-21/h3-9H,1-2H3,(H,19,20). The van der Waals surface area contributed by atoms with E-state index in [1.807, 2.05) is 38.1 Å². The van der Waals surface area contributed by atoms with E-state index in [1.165, 1.54) is 6.07 Å². The molecule has 21 heavy (non-hydrogen) atoms. The third-order valence-electron chi connectivity index (χ3n) is 3.52. The van der Waals surface area contributed by atoms with Crippen LogP contribution in [0.5, 0.6) is 0 Å². The van der Waals surface area contributed by atoms with E-state index in [0.717, 1.165) is 39.0 Å². The summed E-state index contributed by atoms with van der Waals surface area (Å²) in [4.78, 5) is 18.8. The highest BCUT2D eigenvalue weighted by atomic mass is 32.1. The summed E-state index contributed by atoms with van der Waals surface area (Å²) in [5, 5.41) is 2.56. The van der Waals surface area contributed by atoms with E-state index in [0.29, 0.717) is 0 Å². The Morgan fingerprint density at radius 3 is 2.67 bits per heavy atom. The van der Waals surface area contributed by atoms with E-state index < -0.39 is 0 Å². The van der Waals surface area contributed by atoms with Crippen molar-refractivity contribution < 1.29 is 0 Å². The maximum Gasteiger partial charge on any atom is 0.248 e. The fraction of sp³-hybridized carbons (Fsp3) is 0.118. The summed E-state index contributed by atoms with van der Waals surface area (Å²) in [5.74, 6) is 0. The van der Waals surface area contributed by atoms with E-state index in [9.17, 15) is 4.79 Å². The van der Waals surface area contributed by atoms with Gasteiger partial charge in [-0.25, -0.2) is 0 Å². The molecule has 2 aromatic heterocycles. The van der Waals surface area contributed by atoms with Gasteiger partial charge in [0.25, 0.3) is 0 Å². The molecule has 0 saturated heterocycles. The van der Waals surface area contributed by atoms with Gasteiger partial charge in [-0.1, -0.05) is 18.3 Å². The van der Waals surface area contributed by atoms with Gasteiger partial charge in [0.15, 0.2) is 0 Å². The smallest absolute Gasteiger partial charge is 0.248 e. The first kappa shape index (κ1) is 13.6. The minimum Gasteiger partial charge on any atom is -0.321 e. The maximum absolute atomic E-state index is 11.5. The normalized spacial score (nSPS) is 10.8. The number of nitrogens with one attached hydrogen (secondary N) is 1. The summed E-state index contributed by atoms with van der Waals surface area (Å²) < 4.78 is 0. The first-order chi connectivity index (χ1) is 10.1. The first-order valence-corrected chi connectivity index (χ1v) is 7.12. The number of hydrogen-bond acceptors (Lipinski definition) is 3. The summed E-state index contributed by atoms with van der Waals surface area (Å²) >= 11 is 5.09. The lowest BCUT2D eigenvalue weighted by Crippen LogP contribution is -2.04. The van der Waals surface area contributed by atoms with Gasteiger partial charge in [0, 0.05) is 33.9 Å². The van der Waals surface area contributed by atoms with Crippen molar-refractivity contribution in [2.45, 2.75) is 13.8 Å². The number of thiocarbonyl (C=S) groups is 1. The Labute approximate surface area is 127 Å². The number of aryl methyl sites for hydroxylation is 2. The van der Waals surface area contributed by atoms with Crippen LogP contribution >= 0.6 is 12.2 Å². The number of nitrogens with zero attached hydrogens (tertiary/aromatic N) is 1. The van der Waals surface area contributed by atoms with E-state index >= 15 is 0 Å². The first-order valence-electron chi connectivity index (χ1n) is 6.65. The van der Waals surface area contributed by atoms with Gasteiger partial charge in [-0.3, -0.25) is 9.78 Å². The Morgan fingerprint density at radius 1 is 1.14 bits per heavy atom. The number of hydrogen-bond donors (Lipinski definition) is 1. The van der Waals surface area contributed by atoms with Crippen LogP contribution in [-0.4, -0.2) is 15.3 Å². The van der Waals surface area contributed by atoms with Crippen LogP contribution in [0, 0.1) is 13.8 Å². The predicted octanol–water partition coefficient (Wildman–Crippen LogP) is 3.55. The molecule has 3 nitrogen and oxygen atoms in total. The molecule has 0 atom stereocenters. The van der Waals surface area contributed by atoms with E-state index in [4.69, 9.17) is 12.2 Å². The molecule has 1 aromatic carbocycles. The highest BCUT2D eigenvalue weighted by Gasteiger charge is 2.08. The molecule has 0 aliphatic carbocycles. The lowest BCUT2D eigenvalue weighted by Gasteiger charge is -2.10. The molecule has 3 rings (SSSR count). The van der Waals surface area contributed by atoms with Gasteiger partial charge in [-0.15, -0.1) is 0 Å². The molecule has 3 aromatic rings. The number of aromatic nitrogens is 2. The minimum atomic E-state index is -0.124. The number of H-pyrrole nitrogens is 1. The largest absolute Gasteiger partial charge is 0.321 e. The fourth-order valence-corrected chi connectivity index (χ4v) is 2.72. The van der Waals surface area contributed by atoms with Crippen molar-refractivity contribution in [2.75, 3.05) is 0 Å². The summed E-state index contributed by atoms with van der Waals surface area (Å²) in [6.07, 6.45) is 0. The Bertz CT molecular complexity index is 912. The number of rotatable bonds is 2. The van der Waals surface area contributed by atoms with Crippen LogP contribution < -0.4 is 5.56 Å². The predicted molar refractivity (Wildman–Crippen MR) is 90.0 cm³/mol. The highest BCUT2D eigenvalue weighted by Crippen LogP contribution is 2.27. The molecule has 0 spiro atoms. The molecule has 0 aliphatic rings. The van der Waals surface area contributed by atoms with Gasteiger partial charge < -0.3 is 4.98 Å².